The molecule has 4 atom stereocenters. The largest absolute Gasteiger partial charge is 0.431 e. The molecule has 3 aromatic rings. The second kappa shape index (κ2) is 6.38. The van der Waals surface area contributed by atoms with E-state index in [1.54, 1.807) is 0 Å². The van der Waals surface area contributed by atoms with Gasteiger partial charge in [0.1, 0.15) is 5.66 Å². The molecule has 1 saturated heterocycles. The molecule has 0 amide bonds. The van der Waals surface area contributed by atoms with Gasteiger partial charge in [0.05, 0.1) is 16.9 Å². The molecule has 0 radical (unpaired) electrons. The van der Waals surface area contributed by atoms with Crippen molar-refractivity contribution in [1.82, 2.24) is 0 Å². The molecule has 4 heteroatoms. The SMILES string of the molecule is O=C1OC2(C[C@@H](c3ccccc3)[C@H]3CCCC[C@@]34Nc3ccccc3N24)c2ccccc21. The first-order valence-electron chi connectivity index (χ1n) is 11.8. The minimum Gasteiger partial charge on any atom is -0.431 e. The van der Waals surface area contributed by atoms with Crippen molar-refractivity contribution in [2.24, 2.45) is 5.92 Å². The van der Waals surface area contributed by atoms with Crippen LogP contribution in [0.15, 0.2) is 78.9 Å². The highest BCUT2D eigenvalue weighted by atomic mass is 16.6. The second-order valence-electron chi connectivity index (χ2n) is 9.69. The number of fused-ring (bicyclic) bond motifs is 5. The highest BCUT2D eigenvalue weighted by Gasteiger charge is 2.67. The van der Waals surface area contributed by atoms with Crippen molar-refractivity contribution < 1.29 is 9.53 Å². The Morgan fingerprint density at radius 1 is 0.906 bits per heavy atom. The lowest BCUT2D eigenvalue weighted by atomic mass is 9.62. The number of nitrogens with zero attached hydrogens (tertiary/aromatic N) is 1. The molecule has 4 aliphatic rings. The van der Waals surface area contributed by atoms with E-state index in [0.29, 0.717) is 17.4 Å². The number of rotatable bonds is 1. The maximum absolute atomic E-state index is 13.2. The molecule has 2 fully saturated rings. The maximum Gasteiger partial charge on any atom is 0.341 e. The molecule has 1 saturated carbocycles. The van der Waals surface area contributed by atoms with E-state index in [1.807, 2.05) is 18.2 Å². The molecule has 1 unspecified atom stereocenters. The minimum atomic E-state index is -0.804. The number of carbonyl (C=O) groups is 1. The quantitative estimate of drug-likeness (QED) is 0.487. The molecule has 3 heterocycles. The van der Waals surface area contributed by atoms with E-state index < -0.39 is 5.72 Å². The molecular weight excluding hydrogens is 396 g/mol. The summed E-state index contributed by atoms with van der Waals surface area (Å²) in [6, 6.07) is 27.4. The van der Waals surface area contributed by atoms with Gasteiger partial charge in [-0.15, -0.1) is 0 Å². The number of hydrogen-bond acceptors (Lipinski definition) is 4. The molecule has 0 aromatic heterocycles. The third-order valence-corrected chi connectivity index (χ3v) is 8.23. The van der Waals surface area contributed by atoms with Gasteiger partial charge in [-0.25, -0.2) is 4.79 Å². The van der Waals surface area contributed by atoms with E-state index in [1.165, 1.54) is 24.8 Å². The van der Waals surface area contributed by atoms with Crippen molar-refractivity contribution in [3.63, 3.8) is 0 Å². The zero-order chi connectivity index (χ0) is 21.3. The molecule has 4 nitrogen and oxygen atoms in total. The van der Waals surface area contributed by atoms with Crippen molar-refractivity contribution in [3.8, 4) is 0 Å². The molecule has 32 heavy (non-hydrogen) atoms. The van der Waals surface area contributed by atoms with E-state index in [2.05, 4.69) is 70.9 Å². The number of carbonyl (C=O) groups excluding carboxylic acids is 1. The third-order valence-electron chi connectivity index (χ3n) is 8.23. The number of benzene rings is 3. The fourth-order valence-electron chi connectivity index (χ4n) is 7.11. The van der Waals surface area contributed by atoms with Crippen molar-refractivity contribution in [3.05, 3.63) is 95.6 Å². The average molecular weight is 423 g/mol. The van der Waals surface area contributed by atoms with Gasteiger partial charge >= 0.3 is 5.97 Å². The Bertz CT molecular complexity index is 1220. The first kappa shape index (κ1) is 18.3. The van der Waals surface area contributed by atoms with Crippen molar-refractivity contribution in [2.45, 2.75) is 49.4 Å². The van der Waals surface area contributed by atoms with Gasteiger partial charge in [0, 0.05) is 17.9 Å². The molecule has 1 aliphatic carbocycles. The molecule has 0 bridgehead atoms. The van der Waals surface area contributed by atoms with Crippen LogP contribution in [0.3, 0.4) is 0 Å². The van der Waals surface area contributed by atoms with Gasteiger partial charge in [-0.3, -0.25) is 0 Å². The predicted octanol–water partition coefficient (Wildman–Crippen LogP) is 6.02. The Morgan fingerprint density at radius 3 is 2.59 bits per heavy atom. The molecular formula is C28H26N2O2. The topological polar surface area (TPSA) is 41.6 Å². The average Bonchev–Trinajstić information content (AvgIpc) is 3.32. The third kappa shape index (κ3) is 2.20. The van der Waals surface area contributed by atoms with E-state index >= 15 is 0 Å². The Labute approximate surface area is 188 Å². The van der Waals surface area contributed by atoms with Crippen LogP contribution in [0.2, 0.25) is 0 Å². The number of ether oxygens (including phenoxy) is 1. The monoisotopic (exact) mass is 422 g/mol. The van der Waals surface area contributed by atoms with Crippen LogP contribution in [-0.2, 0) is 10.5 Å². The Morgan fingerprint density at radius 2 is 1.69 bits per heavy atom. The lowest BCUT2D eigenvalue weighted by Gasteiger charge is -2.61. The van der Waals surface area contributed by atoms with Crippen LogP contribution >= 0.6 is 0 Å². The van der Waals surface area contributed by atoms with Gasteiger partial charge in [0.2, 0.25) is 5.72 Å². The number of esters is 1. The lowest BCUT2D eigenvalue weighted by Crippen LogP contribution is -2.69. The first-order valence-corrected chi connectivity index (χ1v) is 11.8. The number of para-hydroxylation sites is 2. The summed E-state index contributed by atoms with van der Waals surface area (Å²) in [5.41, 5.74) is 4.28. The summed E-state index contributed by atoms with van der Waals surface area (Å²) >= 11 is 0. The maximum atomic E-state index is 13.2. The lowest BCUT2D eigenvalue weighted by molar-refractivity contribution is -0.0663. The molecule has 2 spiro atoms. The number of nitrogens with one attached hydrogen (secondary N) is 1. The van der Waals surface area contributed by atoms with E-state index in [9.17, 15) is 4.79 Å². The Balaban J connectivity index is 1.52. The van der Waals surface area contributed by atoms with Gasteiger partial charge in [-0.05, 0) is 48.9 Å². The second-order valence-corrected chi connectivity index (χ2v) is 9.69. The zero-order valence-corrected chi connectivity index (χ0v) is 18.0. The summed E-state index contributed by atoms with van der Waals surface area (Å²) in [5, 5.41) is 3.98. The van der Waals surface area contributed by atoms with Crippen molar-refractivity contribution in [2.75, 3.05) is 10.2 Å². The molecule has 160 valence electrons. The van der Waals surface area contributed by atoms with Crippen LogP contribution < -0.4 is 10.2 Å². The number of anilines is 2. The minimum absolute atomic E-state index is 0.207. The van der Waals surface area contributed by atoms with Crippen molar-refractivity contribution >= 4 is 17.3 Å². The van der Waals surface area contributed by atoms with Crippen LogP contribution in [-0.4, -0.2) is 11.6 Å². The summed E-state index contributed by atoms with van der Waals surface area (Å²) in [7, 11) is 0. The van der Waals surface area contributed by atoms with Crippen LogP contribution in [0.25, 0.3) is 0 Å². The normalized spacial score (nSPS) is 31.9. The first-order chi connectivity index (χ1) is 15.7. The van der Waals surface area contributed by atoms with Gasteiger partial charge in [-0.1, -0.05) is 67.1 Å². The summed E-state index contributed by atoms with van der Waals surface area (Å²) < 4.78 is 6.47. The summed E-state index contributed by atoms with van der Waals surface area (Å²) in [5.74, 6) is 0.526. The standard InChI is InChI=1S/C28H26N2O2/c31-26-20-12-4-5-14-23(20)28(32-26)18-21(19-10-2-1-3-11-19)22-13-8-9-17-27(22)29-24-15-6-7-16-25(24)30(27)28/h1-7,10-12,14-16,21-22,29H,8-9,13,17-18H2/t21-,22+,27-,28?/m0/s1. The molecule has 7 rings (SSSR count). The van der Waals surface area contributed by atoms with Crippen LogP contribution in [0.4, 0.5) is 11.4 Å². The summed E-state index contributed by atoms with van der Waals surface area (Å²) in [4.78, 5) is 15.6. The Kier molecular flexibility index (Phi) is 3.65. The van der Waals surface area contributed by atoms with E-state index in [-0.39, 0.29) is 11.6 Å². The zero-order valence-electron chi connectivity index (χ0n) is 18.0. The number of hydrogen-bond donors (Lipinski definition) is 1. The summed E-state index contributed by atoms with van der Waals surface area (Å²) in [6.07, 6.45) is 5.38. The molecule has 3 aliphatic heterocycles. The van der Waals surface area contributed by atoms with Crippen LogP contribution in [0, 0.1) is 5.92 Å². The number of piperidine rings is 1. The smallest absolute Gasteiger partial charge is 0.341 e. The summed E-state index contributed by atoms with van der Waals surface area (Å²) in [6.45, 7) is 0. The van der Waals surface area contributed by atoms with E-state index in [0.717, 1.165) is 29.8 Å². The molecule has 1 N–H and O–H groups in total. The fraction of sp³-hybridized carbons (Fsp3) is 0.321. The fourth-order valence-corrected chi connectivity index (χ4v) is 7.11. The van der Waals surface area contributed by atoms with Gasteiger partial charge in [-0.2, -0.15) is 0 Å². The predicted molar refractivity (Wildman–Crippen MR) is 125 cm³/mol. The van der Waals surface area contributed by atoms with Gasteiger partial charge in [0.15, 0.2) is 0 Å². The van der Waals surface area contributed by atoms with Gasteiger partial charge < -0.3 is 15.0 Å². The van der Waals surface area contributed by atoms with Gasteiger partial charge in [0.25, 0.3) is 0 Å². The highest BCUT2D eigenvalue weighted by molar-refractivity contribution is 5.96. The van der Waals surface area contributed by atoms with E-state index in [4.69, 9.17) is 4.74 Å². The van der Waals surface area contributed by atoms with Crippen LogP contribution in [0.1, 0.15) is 59.5 Å². The highest BCUT2D eigenvalue weighted by Crippen LogP contribution is 2.65. The van der Waals surface area contributed by atoms with Crippen molar-refractivity contribution in [1.29, 1.82) is 0 Å². The molecule has 3 aromatic carbocycles. The Hall–Kier alpha value is -3.27. The van der Waals surface area contributed by atoms with Crippen LogP contribution in [0.5, 0.6) is 0 Å².